The molecule has 2 aromatic carbocycles. The third-order valence-electron chi connectivity index (χ3n) is 5.34. The van der Waals surface area contributed by atoms with Gasteiger partial charge in [-0.25, -0.2) is 0 Å². The Hall–Kier alpha value is -2.80. The van der Waals surface area contributed by atoms with E-state index in [4.69, 9.17) is 4.74 Å². The highest BCUT2D eigenvalue weighted by Gasteiger charge is 2.16. The van der Waals surface area contributed by atoms with Crippen molar-refractivity contribution >= 4 is 17.7 Å². The number of ether oxygens (including phenoxy) is 1. The molecule has 0 N–H and O–H groups in total. The summed E-state index contributed by atoms with van der Waals surface area (Å²) in [6.45, 7) is 5.92. The molecule has 0 aliphatic carbocycles. The van der Waals surface area contributed by atoms with E-state index in [1.165, 1.54) is 5.56 Å². The zero-order valence-corrected chi connectivity index (χ0v) is 20.7. The lowest BCUT2D eigenvalue weighted by molar-refractivity contribution is -0.131. The summed E-state index contributed by atoms with van der Waals surface area (Å²) in [5.74, 6) is 2.77. The van der Waals surface area contributed by atoms with Crippen molar-refractivity contribution in [2.75, 3.05) is 26.0 Å². The SMILES string of the molecule is CCCN(CCC)C(=O)CCCSc1nnc(Cc2ccccc2)n1-c1ccc(OC)cc1. The number of carbonyl (C=O) groups excluding carboxylic acids is 1. The van der Waals surface area contributed by atoms with Gasteiger partial charge >= 0.3 is 0 Å². The molecule has 0 bridgehead atoms. The monoisotopic (exact) mass is 466 g/mol. The largest absolute Gasteiger partial charge is 0.497 e. The molecule has 0 aliphatic heterocycles. The molecule has 7 heteroatoms. The number of amides is 1. The van der Waals surface area contributed by atoms with Crippen LogP contribution in [0.1, 0.15) is 50.9 Å². The summed E-state index contributed by atoms with van der Waals surface area (Å²) in [7, 11) is 1.67. The number of hydrogen-bond acceptors (Lipinski definition) is 5. The van der Waals surface area contributed by atoms with Crippen LogP contribution in [0.4, 0.5) is 0 Å². The molecule has 0 spiro atoms. The lowest BCUT2D eigenvalue weighted by Gasteiger charge is -2.21. The van der Waals surface area contributed by atoms with Crippen molar-refractivity contribution in [3.8, 4) is 11.4 Å². The fraction of sp³-hybridized carbons (Fsp3) is 0.423. The van der Waals surface area contributed by atoms with E-state index in [-0.39, 0.29) is 5.91 Å². The van der Waals surface area contributed by atoms with Crippen LogP contribution in [0.15, 0.2) is 59.8 Å². The van der Waals surface area contributed by atoms with Gasteiger partial charge in [0.2, 0.25) is 5.91 Å². The van der Waals surface area contributed by atoms with E-state index in [0.29, 0.717) is 12.8 Å². The van der Waals surface area contributed by atoms with Gasteiger partial charge in [0.05, 0.1) is 7.11 Å². The molecule has 3 aromatic rings. The first kappa shape index (κ1) is 24.8. The first-order valence-corrected chi connectivity index (χ1v) is 12.7. The summed E-state index contributed by atoms with van der Waals surface area (Å²) in [4.78, 5) is 14.6. The van der Waals surface area contributed by atoms with Gasteiger partial charge in [-0.1, -0.05) is 55.9 Å². The number of nitrogens with zero attached hydrogens (tertiary/aromatic N) is 4. The maximum Gasteiger partial charge on any atom is 0.222 e. The van der Waals surface area contributed by atoms with E-state index in [1.54, 1.807) is 18.9 Å². The average molecular weight is 467 g/mol. The lowest BCUT2D eigenvalue weighted by atomic mass is 10.1. The zero-order chi connectivity index (χ0) is 23.5. The van der Waals surface area contributed by atoms with Gasteiger partial charge in [0.15, 0.2) is 5.16 Å². The molecule has 6 nitrogen and oxygen atoms in total. The molecule has 33 heavy (non-hydrogen) atoms. The first-order valence-electron chi connectivity index (χ1n) is 11.7. The summed E-state index contributed by atoms with van der Waals surface area (Å²) in [5.41, 5.74) is 2.19. The molecule has 1 aromatic heterocycles. The predicted molar refractivity (Wildman–Crippen MR) is 134 cm³/mol. The molecule has 0 fully saturated rings. The number of rotatable bonds is 13. The van der Waals surface area contributed by atoms with Gasteiger partial charge in [0, 0.05) is 37.4 Å². The van der Waals surface area contributed by atoms with Gasteiger partial charge in [-0.3, -0.25) is 9.36 Å². The summed E-state index contributed by atoms with van der Waals surface area (Å²) in [5, 5.41) is 9.84. The zero-order valence-electron chi connectivity index (χ0n) is 19.9. The second kappa shape index (κ2) is 13.0. The van der Waals surface area contributed by atoms with Crippen molar-refractivity contribution in [3.05, 3.63) is 66.0 Å². The molecule has 0 saturated heterocycles. The van der Waals surface area contributed by atoms with Crippen molar-refractivity contribution in [2.45, 2.75) is 51.1 Å². The van der Waals surface area contributed by atoms with Crippen LogP contribution in [0, 0.1) is 0 Å². The van der Waals surface area contributed by atoms with E-state index in [0.717, 1.165) is 60.5 Å². The van der Waals surface area contributed by atoms with Gasteiger partial charge in [0.1, 0.15) is 11.6 Å². The van der Waals surface area contributed by atoms with Crippen molar-refractivity contribution in [3.63, 3.8) is 0 Å². The topological polar surface area (TPSA) is 60.2 Å². The Morgan fingerprint density at radius 2 is 1.70 bits per heavy atom. The second-order valence-corrected chi connectivity index (χ2v) is 8.99. The fourth-order valence-corrected chi connectivity index (χ4v) is 4.63. The molecule has 0 aliphatic rings. The summed E-state index contributed by atoms with van der Waals surface area (Å²) >= 11 is 1.65. The van der Waals surface area contributed by atoms with Gasteiger partial charge in [0.25, 0.3) is 0 Å². The van der Waals surface area contributed by atoms with E-state index >= 15 is 0 Å². The summed E-state index contributed by atoms with van der Waals surface area (Å²) in [6.07, 6.45) is 4.07. The number of hydrogen-bond donors (Lipinski definition) is 0. The number of aromatic nitrogens is 3. The van der Waals surface area contributed by atoms with Crippen LogP contribution in [0.5, 0.6) is 5.75 Å². The maximum absolute atomic E-state index is 12.6. The Morgan fingerprint density at radius 3 is 2.33 bits per heavy atom. The minimum atomic E-state index is 0.251. The fourth-order valence-electron chi connectivity index (χ4n) is 3.72. The Balaban J connectivity index is 1.71. The average Bonchev–Trinajstić information content (AvgIpc) is 3.24. The van der Waals surface area contributed by atoms with E-state index in [9.17, 15) is 4.79 Å². The quantitative estimate of drug-likeness (QED) is 0.250. The molecule has 0 radical (unpaired) electrons. The molecule has 0 unspecified atom stereocenters. The van der Waals surface area contributed by atoms with Crippen LogP contribution in [0.25, 0.3) is 5.69 Å². The minimum absolute atomic E-state index is 0.251. The lowest BCUT2D eigenvalue weighted by Crippen LogP contribution is -2.32. The molecular weight excluding hydrogens is 432 g/mol. The predicted octanol–water partition coefficient (Wildman–Crippen LogP) is 5.39. The second-order valence-electron chi connectivity index (χ2n) is 7.93. The van der Waals surface area contributed by atoms with Gasteiger partial charge in [-0.2, -0.15) is 0 Å². The Labute approximate surface area is 201 Å². The highest BCUT2D eigenvalue weighted by Crippen LogP contribution is 2.26. The van der Waals surface area contributed by atoms with Crippen LogP contribution in [-0.4, -0.2) is 51.5 Å². The molecule has 3 rings (SSSR count). The number of carbonyl (C=O) groups is 1. The summed E-state index contributed by atoms with van der Waals surface area (Å²) in [6, 6.07) is 18.2. The normalized spacial score (nSPS) is 10.9. The van der Waals surface area contributed by atoms with Crippen molar-refractivity contribution in [1.29, 1.82) is 0 Å². The van der Waals surface area contributed by atoms with E-state index < -0.39 is 0 Å². The molecular formula is C26H34N4O2S. The van der Waals surface area contributed by atoms with E-state index in [2.05, 4.69) is 40.7 Å². The highest BCUT2D eigenvalue weighted by atomic mass is 32.2. The molecule has 1 heterocycles. The summed E-state index contributed by atoms with van der Waals surface area (Å²) < 4.78 is 7.43. The van der Waals surface area contributed by atoms with Crippen LogP contribution >= 0.6 is 11.8 Å². The standard InChI is InChI=1S/C26H34N4O2S/c1-4-17-29(18-5-2)25(31)12-9-19-33-26-28-27-24(20-21-10-7-6-8-11-21)30(26)22-13-15-23(32-3)16-14-22/h6-8,10-11,13-16H,4-5,9,12,17-20H2,1-3H3. The van der Waals surface area contributed by atoms with Crippen molar-refractivity contribution < 1.29 is 9.53 Å². The number of benzene rings is 2. The van der Waals surface area contributed by atoms with Gasteiger partial charge < -0.3 is 9.64 Å². The van der Waals surface area contributed by atoms with Crippen molar-refractivity contribution in [1.82, 2.24) is 19.7 Å². The third kappa shape index (κ3) is 7.09. The van der Waals surface area contributed by atoms with E-state index in [1.807, 2.05) is 47.4 Å². The van der Waals surface area contributed by atoms with Crippen LogP contribution < -0.4 is 4.74 Å². The molecule has 176 valence electrons. The maximum atomic E-state index is 12.6. The Bertz CT molecular complexity index is 983. The smallest absolute Gasteiger partial charge is 0.222 e. The third-order valence-corrected chi connectivity index (χ3v) is 6.36. The highest BCUT2D eigenvalue weighted by molar-refractivity contribution is 7.99. The van der Waals surface area contributed by atoms with Gasteiger partial charge in [-0.05, 0) is 49.1 Å². The van der Waals surface area contributed by atoms with Crippen molar-refractivity contribution in [2.24, 2.45) is 0 Å². The number of thioether (sulfide) groups is 1. The Kier molecular flexibility index (Phi) is 9.81. The first-order chi connectivity index (χ1) is 16.2. The number of methoxy groups -OCH3 is 1. The van der Waals surface area contributed by atoms with Crippen LogP contribution in [0.3, 0.4) is 0 Å². The van der Waals surface area contributed by atoms with Crippen LogP contribution in [0.2, 0.25) is 0 Å². The van der Waals surface area contributed by atoms with Crippen LogP contribution in [-0.2, 0) is 11.2 Å². The van der Waals surface area contributed by atoms with Gasteiger partial charge in [-0.15, -0.1) is 10.2 Å². The molecule has 0 saturated carbocycles. The molecule has 0 atom stereocenters. The Morgan fingerprint density at radius 1 is 1.00 bits per heavy atom. The molecule has 1 amide bonds. The minimum Gasteiger partial charge on any atom is -0.497 e.